The van der Waals surface area contributed by atoms with Gasteiger partial charge >= 0.3 is 0 Å². The van der Waals surface area contributed by atoms with Crippen LogP contribution in [0, 0.1) is 11.6 Å². The average molecular weight is 302 g/mol. The number of rotatable bonds is 10. The zero-order valence-corrected chi connectivity index (χ0v) is 12.9. The molecule has 2 N–H and O–H groups in total. The molecule has 1 rings (SSSR count). The molecule has 0 saturated carbocycles. The number of hydrogen-bond donors (Lipinski definition) is 2. The molecule has 0 aliphatic rings. The van der Waals surface area contributed by atoms with Crippen molar-refractivity contribution in [1.29, 1.82) is 0 Å². The van der Waals surface area contributed by atoms with Crippen LogP contribution in [0.5, 0.6) is 0 Å². The maximum absolute atomic E-state index is 13.7. The minimum absolute atomic E-state index is 0.0649. The van der Waals surface area contributed by atoms with Crippen LogP contribution in [0.15, 0.2) is 6.07 Å². The fraction of sp³-hybridized carbons (Fsp3) is 0.643. The van der Waals surface area contributed by atoms with Gasteiger partial charge in [-0.15, -0.1) is 0 Å². The summed E-state index contributed by atoms with van der Waals surface area (Å²) in [7, 11) is 3.60. The van der Waals surface area contributed by atoms with E-state index in [4.69, 9.17) is 4.74 Å². The summed E-state index contributed by atoms with van der Waals surface area (Å²) < 4.78 is 32.2. The maximum atomic E-state index is 13.7. The first kappa shape index (κ1) is 17.6. The Morgan fingerprint density at radius 2 is 1.76 bits per heavy atom. The number of ether oxygens (including phenoxy) is 1. The molecule has 0 radical (unpaired) electrons. The van der Waals surface area contributed by atoms with Gasteiger partial charge in [-0.1, -0.05) is 6.92 Å². The predicted octanol–water partition coefficient (Wildman–Crippen LogP) is 2.17. The fourth-order valence-electron chi connectivity index (χ4n) is 1.68. The van der Waals surface area contributed by atoms with Gasteiger partial charge in [0.1, 0.15) is 0 Å². The third-order valence-corrected chi connectivity index (χ3v) is 2.94. The van der Waals surface area contributed by atoms with Crippen molar-refractivity contribution < 1.29 is 13.5 Å². The first-order chi connectivity index (χ1) is 10.1. The van der Waals surface area contributed by atoms with Crippen molar-refractivity contribution in [1.82, 2.24) is 9.88 Å². The molecule has 21 heavy (non-hydrogen) atoms. The van der Waals surface area contributed by atoms with E-state index in [0.29, 0.717) is 26.2 Å². The molecule has 1 heterocycles. The smallest absolute Gasteiger partial charge is 0.168 e. The highest BCUT2D eigenvalue weighted by molar-refractivity contribution is 5.47. The average Bonchev–Trinajstić information content (AvgIpc) is 2.46. The molecule has 0 fully saturated rings. The molecule has 0 unspecified atom stereocenters. The third-order valence-electron chi connectivity index (χ3n) is 2.94. The van der Waals surface area contributed by atoms with Crippen LogP contribution in [-0.2, 0) is 4.74 Å². The van der Waals surface area contributed by atoms with Gasteiger partial charge in [-0.2, -0.15) is 0 Å². The van der Waals surface area contributed by atoms with Gasteiger partial charge in [0.25, 0.3) is 0 Å². The van der Waals surface area contributed by atoms with Crippen molar-refractivity contribution in [2.24, 2.45) is 0 Å². The van der Waals surface area contributed by atoms with E-state index in [1.807, 2.05) is 18.9 Å². The molecule has 0 atom stereocenters. The van der Waals surface area contributed by atoms with Gasteiger partial charge in [-0.05, 0) is 13.5 Å². The van der Waals surface area contributed by atoms with E-state index in [1.165, 1.54) is 0 Å². The second-order valence-electron chi connectivity index (χ2n) is 4.80. The zero-order valence-electron chi connectivity index (χ0n) is 12.9. The minimum Gasteiger partial charge on any atom is -0.383 e. The Morgan fingerprint density at radius 1 is 1.14 bits per heavy atom. The van der Waals surface area contributed by atoms with Crippen molar-refractivity contribution in [3.8, 4) is 0 Å². The summed E-state index contributed by atoms with van der Waals surface area (Å²) >= 11 is 0. The van der Waals surface area contributed by atoms with Gasteiger partial charge in [0, 0.05) is 39.4 Å². The van der Waals surface area contributed by atoms with E-state index in [2.05, 4.69) is 15.6 Å². The van der Waals surface area contributed by atoms with Crippen molar-refractivity contribution >= 4 is 11.6 Å². The van der Waals surface area contributed by atoms with Crippen molar-refractivity contribution in [2.45, 2.75) is 13.3 Å². The summed E-state index contributed by atoms with van der Waals surface area (Å²) in [6.07, 6.45) is 0.839. The van der Waals surface area contributed by atoms with Crippen LogP contribution < -0.4 is 10.6 Å². The van der Waals surface area contributed by atoms with Crippen molar-refractivity contribution in [3.63, 3.8) is 0 Å². The molecular weight excluding hydrogens is 278 g/mol. The summed E-state index contributed by atoms with van der Waals surface area (Å²) in [5, 5.41) is 5.73. The van der Waals surface area contributed by atoms with Gasteiger partial charge in [0.05, 0.1) is 6.61 Å². The number of methoxy groups -OCH3 is 1. The van der Waals surface area contributed by atoms with Crippen LogP contribution in [0.25, 0.3) is 0 Å². The summed E-state index contributed by atoms with van der Waals surface area (Å²) in [6.45, 7) is 5.21. The van der Waals surface area contributed by atoms with Gasteiger partial charge in [0.2, 0.25) is 0 Å². The first-order valence-corrected chi connectivity index (χ1v) is 7.09. The van der Waals surface area contributed by atoms with Crippen LogP contribution in [0.1, 0.15) is 13.3 Å². The molecule has 0 saturated heterocycles. The number of hydrogen-bond acceptors (Lipinski definition) is 5. The van der Waals surface area contributed by atoms with Crippen LogP contribution >= 0.6 is 0 Å². The number of pyridine rings is 1. The fourth-order valence-corrected chi connectivity index (χ4v) is 1.68. The Hall–Kier alpha value is -1.47. The molecule has 0 bridgehead atoms. The van der Waals surface area contributed by atoms with Crippen LogP contribution in [0.2, 0.25) is 0 Å². The van der Waals surface area contributed by atoms with Crippen molar-refractivity contribution in [3.05, 3.63) is 17.7 Å². The maximum Gasteiger partial charge on any atom is 0.168 e. The Balaban J connectivity index is 2.53. The Labute approximate surface area is 124 Å². The van der Waals surface area contributed by atoms with E-state index >= 15 is 0 Å². The monoisotopic (exact) mass is 302 g/mol. The molecule has 0 aliphatic carbocycles. The molecule has 1 aromatic heterocycles. The summed E-state index contributed by atoms with van der Waals surface area (Å²) in [6, 6.07) is 0.849. The zero-order chi connectivity index (χ0) is 15.7. The molecule has 120 valence electrons. The van der Waals surface area contributed by atoms with Gasteiger partial charge < -0.3 is 20.3 Å². The minimum atomic E-state index is -0.686. The molecular formula is C14H24F2N4O. The predicted molar refractivity (Wildman–Crippen MR) is 80.8 cm³/mol. The number of aromatic nitrogens is 1. The van der Waals surface area contributed by atoms with E-state index < -0.39 is 11.6 Å². The summed E-state index contributed by atoms with van der Waals surface area (Å²) in [4.78, 5) is 6.00. The number of halogens is 2. The topological polar surface area (TPSA) is 49.4 Å². The van der Waals surface area contributed by atoms with Crippen LogP contribution in [0.3, 0.4) is 0 Å². The third kappa shape index (κ3) is 6.22. The second kappa shape index (κ2) is 9.46. The van der Waals surface area contributed by atoms with E-state index in [1.54, 1.807) is 7.11 Å². The highest BCUT2D eigenvalue weighted by atomic mass is 19.1. The summed E-state index contributed by atoms with van der Waals surface area (Å²) in [5.41, 5.74) is 0. The SMILES string of the molecule is CCCNc1nc(NCCN(C)CCOC)c(F)cc1F. The Morgan fingerprint density at radius 3 is 2.33 bits per heavy atom. The first-order valence-electron chi connectivity index (χ1n) is 7.09. The van der Waals surface area contributed by atoms with Gasteiger partial charge in [-0.25, -0.2) is 13.8 Å². The van der Waals surface area contributed by atoms with Gasteiger partial charge in [-0.3, -0.25) is 0 Å². The standard InChI is InChI=1S/C14H24F2N4O/c1-4-5-17-13-11(15)10-12(16)14(19-13)18-6-7-20(2)8-9-21-3/h10H,4-9H2,1-3H3,(H2,17,18,19). The molecule has 1 aromatic rings. The highest BCUT2D eigenvalue weighted by Crippen LogP contribution is 2.18. The quantitative estimate of drug-likeness (QED) is 0.694. The lowest BCUT2D eigenvalue weighted by molar-refractivity contribution is 0.163. The van der Waals surface area contributed by atoms with E-state index in [9.17, 15) is 8.78 Å². The van der Waals surface area contributed by atoms with E-state index in [0.717, 1.165) is 19.0 Å². The number of anilines is 2. The second-order valence-corrected chi connectivity index (χ2v) is 4.80. The Kier molecular flexibility index (Phi) is 7.92. The molecule has 0 amide bonds. The summed E-state index contributed by atoms with van der Waals surface area (Å²) in [5.74, 6) is -1.22. The largest absolute Gasteiger partial charge is 0.383 e. The molecule has 0 spiro atoms. The lowest BCUT2D eigenvalue weighted by atomic mass is 10.3. The lowest BCUT2D eigenvalue weighted by Gasteiger charge is -2.17. The van der Waals surface area contributed by atoms with Crippen LogP contribution in [0.4, 0.5) is 20.4 Å². The van der Waals surface area contributed by atoms with E-state index in [-0.39, 0.29) is 11.6 Å². The molecule has 5 nitrogen and oxygen atoms in total. The number of nitrogens with one attached hydrogen (secondary N) is 2. The number of nitrogens with zero attached hydrogens (tertiary/aromatic N) is 2. The highest BCUT2D eigenvalue weighted by Gasteiger charge is 2.11. The Bertz CT molecular complexity index is 432. The van der Waals surface area contributed by atoms with Crippen molar-refractivity contribution in [2.75, 3.05) is 57.6 Å². The van der Waals surface area contributed by atoms with Crippen LogP contribution in [-0.4, -0.2) is 56.8 Å². The normalized spacial score (nSPS) is 11.0. The lowest BCUT2D eigenvalue weighted by Crippen LogP contribution is -2.28. The van der Waals surface area contributed by atoms with Gasteiger partial charge in [0.15, 0.2) is 23.3 Å². The molecule has 7 heteroatoms. The molecule has 0 aromatic carbocycles. The number of likely N-dealkylation sites (N-methyl/N-ethyl adjacent to an activating group) is 1. The molecule has 0 aliphatic heterocycles.